The van der Waals surface area contributed by atoms with Crippen molar-refractivity contribution in [2.75, 3.05) is 0 Å². The molecule has 0 heterocycles. The van der Waals surface area contributed by atoms with E-state index in [1.807, 2.05) is 60.7 Å². The van der Waals surface area contributed by atoms with Crippen LogP contribution in [0.25, 0.3) is 33.4 Å². The number of hydrogen-bond donors (Lipinski definition) is 4. The van der Waals surface area contributed by atoms with Crippen molar-refractivity contribution in [1.29, 1.82) is 0 Å². The normalized spacial score (nSPS) is 10.7. The minimum Gasteiger partial charge on any atom is -0.423 e. The molecule has 0 atom stereocenters. The molecule has 0 aromatic heterocycles. The van der Waals surface area contributed by atoms with E-state index in [1.54, 1.807) is 24.3 Å². The molecule has 0 bridgehead atoms. The predicted molar refractivity (Wildman–Crippen MR) is 122 cm³/mol. The van der Waals surface area contributed by atoms with Crippen LogP contribution in [0.4, 0.5) is 0 Å². The van der Waals surface area contributed by atoms with E-state index >= 15 is 0 Å². The van der Waals surface area contributed by atoms with Crippen molar-refractivity contribution in [2.24, 2.45) is 0 Å². The second-order valence-corrected chi connectivity index (χ2v) is 7.16. The van der Waals surface area contributed by atoms with Crippen LogP contribution in [0, 0.1) is 0 Å². The van der Waals surface area contributed by atoms with Crippen LogP contribution in [-0.2, 0) is 0 Å². The van der Waals surface area contributed by atoms with Crippen LogP contribution < -0.4 is 10.9 Å². The average Bonchev–Trinajstić information content (AvgIpc) is 2.79. The van der Waals surface area contributed by atoms with Gasteiger partial charge in [0.2, 0.25) is 0 Å². The highest BCUT2D eigenvalue weighted by Gasteiger charge is 2.12. The van der Waals surface area contributed by atoms with Crippen molar-refractivity contribution in [3.8, 4) is 33.4 Å². The molecule has 6 heteroatoms. The van der Waals surface area contributed by atoms with Gasteiger partial charge in [0.1, 0.15) is 0 Å². The smallest absolute Gasteiger partial charge is 0.423 e. The fraction of sp³-hybridized carbons (Fsp3) is 0. The summed E-state index contributed by atoms with van der Waals surface area (Å²) in [4.78, 5) is 0. The first kappa shape index (κ1) is 20.1. The molecule has 4 rings (SSSR count). The van der Waals surface area contributed by atoms with Crippen LogP contribution in [-0.4, -0.2) is 34.3 Å². The van der Waals surface area contributed by atoms with Crippen LogP contribution in [0.3, 0.4) is 0 Å². The van der Waals surface area contributed by atoms with Gasteiger partial charge in [0.15, 0.2) is 0 Å². The lowest BCUT2D eigenvalue weighted by Crippen LogP contribution is -2.29. The molecule has 0 unspecified atom stereocenters. The first-order valence-electron chi connectivity index (χ1n) is 9.65. The summed E-state index contributed by atoms with van der Waals surface area (Å²) in [5, 5.41) is 37.4. The Morgan fingerprint density at radius 3 is 1.23 bits per heavy atom. The van der Waals surface area contributed by atoms with Crippen LogP contribution in [0.2, 0.25) is 0 Å². The predicted octanol–water partition coefficient (Wildman–Crippen LogP) is 2.05. The van der Waals surface area contributed by atoms with Crippen molar-refractivity contribution in [3.05, 3.63) is 97.1 Å². The molecule has 0 radical (unpaired) electrons. The minimum atomic E-state index is -1.50. The summed E-state index contributed by atoms with van der Waals surface area (Å²) in [6, 6.07) is 30.6. The largest absolute Gasteiger partial charge is 0.488 e. The zero-order valence-corrected chi connectivity index (χ0v) is 16.2. The molecule has 0 saturated carbocycles. The van der Waals surface area contributed by atoms with Gasteiger partial charge in [-0.1, -0.05) is 84.9 Å². The summed E-state index contributed by atoms with van der Waals surface area (Å²) in [5.74, 6) is 0. The summed E-state index contributed by atoms with van der Waals surface area (Å²) < 4.78 is 0. The molecule has 4 aromatic carbocycles. The molecular weight excluding hydrogens is 374 g/mol. The molecule has 0 spiro atoms. The van der Waals surface area contributed by atoms with Gasteiger partial charge in [-0.05, 0) is 56.4 Å². The summed E-state index contributed by atoms with van der Waals surface area (Å²) >= 11 is 0. The lowest BCUT2D eigenvalue weighted by molar-refractivity contribution is 0.424. The zero-order valence-electron chi connectivity index (χ0n) is 16.2. The second-order valence-electron chi connectivity index (χ2n) is 7.16. The monoisotopic (exact) mass is 394 g/mol. The van der Waals surface area contributed by atoms with E-state index in [-0.39, 0.29) is 0 Å². The molecule has 0 aliphatic heterocycles. The molecule has 0 fully saturated rings. The Bertz CT molecular complexity index is 1160. The van der Waals surface area contributed by atoms with E-state index in [2.05, 4.69) is 12.1 Å². The maximum atomic E-state index is 9.44. The van der Waals surface area contributed by atoms with Crippen molar-refractivity contribution < 1.29 is 20.1 Å². The van der Waals surface area contributed by atoms with Crippen molar-refractivity contribution in [1.82, 2.24) is 0 Å². The van der Waals surface area contributed by atoms with E-state index < -0.39 is 14.2 Å². The van der Waals surface area contributed by atoms with E-state index in [0.717, 1.165) is 33.4 Å². The molecule has 0 saturated heterocycles. The molecule has 0 aliphatic carbocycles. The maximum absolute atomic E-state index is 9.44. The SMILES string of the molecule is OB(O)c1ccc(-c2cccc(-c3cccc(-c4cccc(B(O)O)c4)c3)c2)cc1. The van der Waals surface area contributed by atoms with Crippen molar-refractivity contribution >= 4 is 25.2 Å². The van der Waals surface area contributed by atoms with E-state index in [1.165, 1.54) is 0 Å². The Kier molecular flexibility index (Phi) is 5.84. The molecule has 4 N–H and O–H groups in total. The summed E-state index contributed by atoms with van der Waals surface area (Å²) in [6.45, 7) is 0. The number of rotatable bonds is 5. The summed E-state index contributed by atoms with van der Waals surface area (Å²) in [5.41, 5.74) is 6.93. The van der Waals surface area contributed by atoms with Crippen LogP contribution in [0.15, 0.2) is 97.1 Å². The fourth-order valence-electron chi connectivity index (χ4n) is 3.48. The summed E-state index contributed by atoms with van der Waals surface area (Å²) in [7, 11) is -2.97. The third-order valence-electron chi connectivity index (χ3n) is 5.12. The van der Waals surface area contributed by atoms with Gasteiger partial charge >= 0.3 is 14.2 Å². The lowest BCUT2D eigenvalue weighted by atomic mass is 9.79. The van der Waals surface area contributed by atoms with Crippen LogP contribution in [0.5, 0.6) is 0 Å². The van der Waals surface area contributed by atoms with Crippen molar-refractivity contribution in [3.63, 3.8) is 0 Å². The number of hydrogen-bond acceptors (Lipinski definition) is 4. The molecule has 30 heavy (non-hydrogen) atoms. The van der Waals surface area contributed by atoms with Crippen LogP contribution in [0.1, 0.15) is 0 Å². The lowest BCUT2D eigenvalue weighted by Gasteiger charge is -2.10. The fourth-order valence-corrected chi connectivity index (χ4v) is 3.48. The molecule has 4 nitrogen and oxygen atoms in total. The third kappa shape index (κ3) is 4.37. The third-order valence-corrected chi connectivity index (χ3v) is 5.12. The first-order valence-corrected chi connectivity index (χ1v) is 9.65. The van der Waals surface area contributed by atoms with E-state index in [4.69, 9.17) is 0 Å². The summed E-state index contributed by atoms with van der Waals surface area (Å²) in [6.07, 6.45) is 0. The standard InChI is InChI=1S/C24H20B2O4/c27-25(28)23-12-10-17(11-13-23)18-4-1-5-19(14-18)20-6-2-7-21(15-20)22-8-3-9-24(16-22)26(29)30/h1-16,27-30H. The molecule has 0 amide bonds. The van der Waals surface area contributed by atoms with Gasteiger partial charge in [-0.15, -0.1) is 0 Å². The zero-order chi connectivity index (χ0) is 21.1. The Balaban J connectivity index is 1.68. The van der Waals surface area contributed by atoms with Gasteiger partial charge in [0.05, 0.1) is 0 Å². The van der Waals surface area contributed by atoms with Crippen molar-refractivity contribution in [2.45, 2.75) is 0 Å². The average molecular weight is 394 g/mol. The Hall–Kier alpha value is -3.15. The van der Waals surface area contributed by atoms with Gasteiger partial charge in [0.25, 0.3) is 0 Å². The van der Waals surface area contributed by atoms with Gasteiger partial charge in [-0.25, -0.2) is 0 Å². The van der Waals surface area contributed by atoms with Crippen LogP contribution >= 0.6 is 0 Å². The minimum absolute atomic E-state index is 0.455. The quantitative estimate of drug-likeness (QED) is 0.391. The Morgan fingerprint density at radius 1 is 0.367 bits per heavy atom. The topological polar surface area (TPSA) is 80.9 Å². The highest BCUT2D eigenvalue weighted by molar-refractivity contribution is 6.59. The van der Waals surface area contributed by atoms with Gasteiger partial charge < -0.3 is 20.1 Å². The van der Waals surface area contributed by atoms with E-state index in [0.29, 0.717) is 10.9 Å². The Labute approximate surface area is 176 Å². The highest BCUT2D eigenvalue weighted by Crippen LogP contribution is 2.29. The first-order chi connectivity index (χ1) is 14.5. The maximum Gasteiger partial charge on any atom is 0.488 e. The molecule has 4 aromatic rings. The highest BCUT2D eigenvalue weighted by atomic mass is 16.4. The van der Waals surface area contributed by atoms with Gasteiger partial charge in [0, 0.05) is 0 Å². The Morgan fingerprint density at radius 2 is 0.767 bits per heavy atom. The second kappa shape index (κ2) is 8.69. The molecule has 0 aliphatic rings. The van der Waals surface area contributed by atoms with Gasteiger partial charge in [-0.3, -0.25) is 0 Å². The molecular formula is C24H20B2O4. The van der Waals surface area contributed by atoms with Gasteiger partial charge in [-0.2, -0.15) is 0 Å². The number of benzene rings is 4. The molecule has 146 valence electrons. The van der Waals surface area contributed by atoms with E-state index in [9.17, 15) is 20.1 Å².